The van der Waals surface area contributed by atoms with Gasteiger partial charge in [0, 0.05) is 0 Å². The summed E-state index contributed by atoms with van der Waals surface area (Å²) in [4.78, 5) is 17.7. The van der Waals surface area contributed by atoms with Gasteiger partial charge in [0.1, 0.15) is 0 Å². The van der Waals surface area contributed by atoms with Crippen LogP contribution in [0.3, 0.4) is 0 Å². The largest absolute Gasteiger partial charge is 1.00 e. The van der Waals surface area contributed by atoms with E-state index >= 15 is 0 Å². The normalized spacial score (nSPS) is 10.2. The molecule has 0 radical (unpaired) electrons. The minimum absolute atomic E-state index is 0. The Hall–Kier alpha value is 0.487. The quantitative estimate of drug-likeness (QED) is 0.468. The molecule has 1 rings (SSSR count). The Balaban J connectivity index is 0. The monoisotopic (exact) mass is 246 g/mol. The maximum atomic E-state index is 8.86. The van der Waals surface area contributed by atoms with Crippen molar-refractivity contribution in [2.75, 3.05) is 0 Å². The van der Waals surface area contributed by atoms with Crippen LogP contribution in [0, 0.1) is 0 Å². The molecule has 12 heavy (non-hydrogen) atoms. The summed E-state index contributed by atoms with van der Waals surface area (Å²) in [6, 6.07) is 8.63. The molecular formula is C6H8LiO3PSe. The van der Waals surface area contributed by atoms with E-state index in [1.807, 2.05) is 6.07 Å². The first kappa shape index (κ1) is 12.5. The molecule has 1 aromatic rings. The number of benzene rings is 1. The summed E-state index contributed by atoms with van der Waals surface area (Å²) in [6.07, 6.45) is -3.26. The third kappa shape index (κ3) is 5.19. The summed E-state index contributed by atoms with van der Waals surface area (Å²) in [7, 11) is 0. The van der Waals surface area contributed by atoms with Crippen molar-refractivity contribution in [3.05, 3.63) is 30.3 Å². The minimum atomic E-state index is -3.26. The first-order valence-corrected chi connectivity index (χ1v) is 6.71. The molecule has 0 atom stereocenters. The summed E-state index contributed by atoms with van der Waals surface area (Å²) in [5, 5.41) is 0. The Morgan fingerprint density at radius 3 is 2.17 bits per heavy atom. The zero-order valence-corrected chi connectivity index (χ0v) is 9.15. The van der Waals surface area contributed by atoms with Crippen molar-refractivity contribution in [3.8, 4) is 5.75 Å². The molecule has 0 bridgehead atoms. The Kier molecular flexibility index (Phi) is 5.48. The Morgan fingerprint density at radius 2 is 1.75 bits per heavy atom. The third-order valence-electron chi connectivity index (χ3n) is 0.968. The van der Waals surface area contributed by atoms with Crippen LogP contribution in [-0.2, 0) is 0 Å². The Morgan fingerprint density at radius 1 is 1.25 bits per heavy atom. The third-order valence-corrected chi connectivity index (χ3v) is 1.89. The predicted octanol–water partition coefficient (Wildman–Crippen LogP) is -1.99. The maximum absolute atomic E-state index is 8.86. The second-order valence-electron chi connectivity index (χ2n) is 1.89. The van der Waals surface area contributed by atoms with Crippen molar-refractivity contribution in [2.24, 2.45) is 0 Å². The molecule has 0 heterocycles. The van der Waals surface area contributed by atoms with Gasteiger partial charge >= 0.3 is 90.5 Å². The molecule has 0 aliphatic heterocycles. The van der Waals surface area contributed by atoms with E-state index in [9.17, 15) is 0 Å². The fraction of sp³-hybridized carbons (Fsp3) is 0. The van der Waals surface area contributed by atoms with Crippen LogP contribution in [0.2, 0.25) is 0 Å². The average Bonchev–Trinajstić information content (AvgIpc) is 1.85. The minimum Gasteiger partial charge on any atom is -1.00 e. The first-order chi connectivity index (χ1) is 5.08. The van der Waals surface area contributed by atoms with Crippen LogP contribution in [-0.4, -0.2) is 24.9 Å². The number of hydrogen-bond donors (Lipinski definition) is 2. The fourth-order valence-electron chi connectivity index (χ4n) is 0.619. The molecule has 0 saturated carbocycles. The van der Waals surface area contributed by atoms with Gasteiger partial charge in [-0.15, -0.1) is 0 Å². The van der Waals surface area contributed by atoms with E-state index in [1.54, 1.807) is 24.3 Å². The van der Waals surface area contributed by atoms with Gasteiger partial charge in [0.15, 0.2) is 0 Å². The molecule has 0 spiro atoms. The van der Waals surface area contributed by atoms with Gasteiger partial charge in [-0.1, -0.05) is 0 Å². The predicted molar refractivity (Wildman–Crippen MR) is 45.3 cm³/mol. The zero-order valence-electron chi connectivity index (χ0n) is 7.54. The molecule has 0 aromatic heterocycles. The molecule has 6 heteroatoms. The summed E-state index contributed by atoms with van der Waals surface area (Å²) in [5.74, 6) is 0.449. The molecule has 0 aliphatic carbocycles. The molecule has 0 amide bonds. The molecule has 0 aliphatic rings. The average molecular weight is 245 g/mol. The number of rotatable bonds is 2. The van der Waals surface area contributed by atoms with Gasteiger partial charge in [-0.25, -0.2) is 0 Å². The van der Waals surface area contributed by atoms with Crippen LogP contribution in [0.5, 0.6) is 5.75 Å². The smallest absolute Gasteiger partial charge is 1.00 e. The molecular weight excluding hydrogens is 237 g/mol. The second kappa shape index (κ2) is 5.27. The topological polar surface area (TPSA) is 49.7 Å². The van der Waals surface area contributed by atoms with Crippen LogP contribution < -0.4 is 23.4 Å². The molecule has 0 saturated heterocycles. The summed E-state index contributed by atoms with van der Waals surface area (Å²) < 4.78 is 4.77. The number of para-hydroxylation sites is 1. The summed E-state index contributed by atoms with van der Waals surface area (Å²) in [6.45, 7) is 0. The molecule has 0 fully saturated rings. The van der Waals surface area contributed by atoms with Gasteiger partial charge in [0.05, 0.1) is 0 Å². The van der Waals surface area contributed by atoms with Crippen molar-refractivity contribution in [2.45, 2.75) is 0 Å². The van der Waals surface area contributed by atoms with Gasteiger partial charge in [-0.3, -0.25) is 0 Å². The van der Waals surface area contributed by atoms with Crippen LogP contribution in [0.1, 0.15) is 1.43 Å². The molecule has 0 unspecified atom stereocenters. The van der Waals surface area contributed by atoms with Crippen molar-refractivity contribution in [1.29, 1.82) is 0 Å². The second-order valence-corrected chi connectivity index (χ2v) is 6.05. The van der Waals surface area contributed by atoms with Crippen molar-refractivity contribution < 1.29 is 34.6 Å². The van der Waals surface area contributed by atoms with E-state index in [0.717, 1.165) is 0 Å². The van der Waals surface area contributed by atoms with Gasteiger partial charge < -0.3 is 1.43 Å². The van der Waals surface area contributed by atoms with Crippen molar-refractivity contribution >= 4 is 21.3 Å². The summed E-state index contributed by atoms with van der Waals surface area (Å²) in [5.41, 5.74) is 0. The molecule has 1 aromatic carbocycles. The zero-order chi connectivity index (χ0) is 8.32. The summed E-state index contributed by atoms with van der Waals surface area (Å²) >= 11 is 2.16. The van der Waals surface area contributed by atoms with E-state index in [-0.39, 0.29) is 20.3 Å². The first-order valence-electron chi connectivity index (χ1n) is 2.88. The molecule has 2 N–H and O–H groups in total. The van der Waals surface area contributed by atoms with Gasteiger partial charge in [0.25, 0.3) is 0 Å². The van der Waals surface area contributed by atoms with Crippen molar-refractivity contribution in [1.82, 2.24) is 0 Å². The van der Waals surface area contributed by atoms with E-state index in [2.05, 4.69) is 15.1 Å². The Labute approximate surface area is 91.9 Å². The van der Waals surface area contributed by atoms with Gasteiger partial charge in [-0.2, -0.15) is 0 Å². The molecule has 3 nitrogen and oxygen atoms in total. The van der Waals surface area contributed by atoms with Crippen LogP contribution in [0.4, 0.5) is 0 Å². The van der Waals surface area contributed by atoms with E-state index in [1.165, 1.54) is 0 Å². The van der Waals surface area contributed by atoms with Crippen LogP contribution in [0.25, 0.3) is 0 Å². The maximum Gasteiger partial charge on any atom is 1.00 e. The number of hydrogen-bond acceptors (Lipinski definition) is 3. The van der Waals surface area contributed by atoms with E-state index < -0.39 is 6.19 Å². The Bertz CT molecular complexity index is 278. The van der Waals surface area contributed by atoms with Gasteiger partial charge in [-0.05, 0) is 0 Å². The molecule has 62 valence electrons. The van der Waals surface area contributed by atoms with E-state index in [0.29, 0.717) is 5.75 Å². The SMILES string of the molecule is OP(O)(=[Se])Oc1ccccc1.[H-].[Li+]. The fourth-order valence-corrected chi connectivity index (χ4v) is 1.56. The van der Waals surface area contributed by atoms with Crippen LogP contribution in [0.15, 0.2) is 30.3 Å². The van der Waals surface area contributed by atoms with E-state index in [4.69, 9.17) is 14.3 Å². The standard InChI is InChI=1S/C6H7O3PSe.Li.H/c7-10(8,11)9-6-4-2-1-3-5-6;;/h1-5H,(H2,7,8,11);;/q;+1;-1. The van der Waals surface area contributed by atoms with Gasteiger partial charge in [0.2, 0.25) is 0 Å². The van der Waals surface area contributed by atoms with Crippen LogP contribution >= 0.6 is 6.19 Å². The van der Waals surface area contributed by atoms with Crippen molar-refractivity contribution in [3.63, 3.8) is 0 Å².